The van der Waals surface area contributed by atoms with E-state index in [2.05, 4.69) is 10.1 Å². The Hall–Kier alpha value is -1.86. The first-order valence-electron chi connectivity index (χ1n) is 7.12. The van der Waals surface area contributed by atoms with E-state index < -0.39 is 11.4 Å². The van der Waals surface area contributed by atoms with Crippen LogP contribution in [0.3, 0.4) is 0 Å². The van der Waals surface area contributed by atoms with E-state index >= 15 is 0 Å². The van der Waals surface area contributed by atoms with Crippen molar-refractivity contribution in [1.82, 2.24) is 10.1 Å². The summed E-state index contributed by atoms with van der Waals surface area (Å²) in [6.45, 7) is 0. The minimum Gasteiger partial charge on any atom is -0.493 e. The highest BCUT2D eigenvalue weighted by atomic mass is 35.5. The van der Waals surface area contributed by atoms with E-state index in [9.17, 15) is 4.39 Å². The van der Waals surface area contributed by atoms with Gasteiger partial charge >= 0.3 is 0 Å². The predicted molar refractivity (Wildman–Crippen MR) is 84.4 cm³/mol. The van der Waals surface area contributed by atoms with Crippen molar-refractivity contribution in [2.75, 3.05) is 14.2 Å². The molecule has 1 aliphatic carbocycles. The summed E-state index contributed by atoms with van der Waals surface area (Å²) >= 11 is 0. The first kappa shape index (κ1) is 17.5. The Morgan fingerprint density at radius 3 is 2.39 bits per heavy atom. The first-order chi connectivity index (χ1) is 10.6. The molecule has 1 fully saturated rings. The fourth-order valence-corrected chi connectivity index (χ4v) is 2.78. The maximum Gasteiger partial charge on any atom is 0.261 e. The van der Waals surface area contributed by atoms with Gasteiger partial charge in [0.25, 0.3) is 5.89 Å². The lowest BCUT2D eigenvalue weighted by atomic mass is 9.99. The molecule has 0 unspecified atom stereocenters. The molecular weight excluding hydrogens is 325 g/mol. The molecule has 6 nitrogen and oxygen atoms in total. The summed E-state index contributed by atoms with van der Waals surface area (Å²) in [6, 6.07) is 2.70. The molecule has 1 aromatic carbocycles. The predicted octanol–water partition coefficient (Wildman–Crippen LogP) is 3.04. The van der Waals surface area contributed by atoms with Gasteiger partial charge in [0.05, 0.1) is 25.3 Å². The Morgan fingerprint density at radius 2 is 1.78 bits per heavy atom. The number of nitrogens with two attached hydrogens (primary N) is 1. The fourth-order valence-electron chi connectivity index (χ4n) is 2.78. The Morgan fingerprint density at radius 1 is 1.17 bits per heavy atom. The van der Waals surface area contributed by atoms with Gasteiger partial charge < -0.3 is 19.7 Å². The molecule has 0 amide bonds. The maximum absolute atomic E-state index is 14.2. The molecule has 0 saturated heterocycles. The third kappa shape index (κ3) is 3.11. The number of halogens is 2. The van der Waals surface area contributed by atoms with Gasteiger partial charge in [0.15, 0.2) is 17.3 Å². The molecule has 0 bridgehead atoms. The van der Waals surface area contributed by atoms with E-state index in [-0.39, 0.29) is 23.9 Å². The van der Waals surface area contributed by atoms with Gasteiger partial charge in [-0.2, -0.15) is 4.98 Å². The number of ether oxygens (including phenoxy) is 2. The normalized spacial score (nSPS) is 16.0. The molecule has 0 spiro atoms. The van der Waals surface area contributed by atoms with Crippen LogP contribution in [0, 0.1) is 5.82 Å². The van der Waals surface area contributed by atoms with Crippen LogP contribution in [0.4, 0.5) is 4.39 Å². The summed E-state index contributed by atoms with van der Waals surface area (Å²) in [5.41, 5.74) is 5.88. The number of aromatic nitrogens is 2. The highest BCUT2D eigenvalue weighted by Crippen LogP contribution is 2.37. The molecule has 3 rings (SSSR count). The lowest BCUT2D eigenvalue weighted by molar-refractivity contribution is 0.351. The van der Waals surface area contributed by atoms with Crippen molar-refractivity contribution in [3.8, 4) is 23.0 Å². The second kappa shape index (κ2) is 6.72. The first-order valence-corrected chi connectivity index (χ1v) is 7.12. The summed E-state index contributed by atoms with van der Waals surface area (Å²) in [5.74, 6) is 0.682. The Balaban J connectivity index is 0.00000192. The Kier molecular flexibility index (Phi) is 5.11. The van der Waals surface area contributed by atoms with Crippen LogP contribution in [0.15, 0.2) is 16.7 Å². The standard InChI is InChI=1S/C15H18FN3O3.ClH/c1-20-11-7-9(10(16)8-12(11)21-2)13-18-14(19-22-13)15(17)5-3-4-6-15;/h7-8H,3-6,17H2,1-2H3;1H. The summed E-state index contributed by atoms with van der Waals surface area (Å²) in [5, 5.41) is 3.94. The van der Waals surface area contributed by atoms with Gasteiger partial charge in [-0.25, -0.2) is 4.39 Å². The van der Waals surface area contributed by atoms with Crippen LogP contribution in [0.1, 0.15) is 31.5 Å². The lowest BCUT2D eigenvalue weighted by Crippen LogP contribution is -2.34. The van der Waals surface area contributed by atoms with Gasteiger partial charge in [-0.3, -0.25) is 0 Å². The number of nitrogens with zero attached hydrogens (tertiary/aromatic N) is 2. The van der Waals surface area contributed by atoms with Crippen molar-refractivity contribution >= 4 is 12.4 Å². The molecular formula is C15H19ClFN3O3. The lowest BCUT2D eigenvalue weighted by Gasteiger charge is -2.17. The van der Waals surface area contributed by atoms with Crippen molar-refractivity contribution < 1.29 is 18.4 Å². The van der Waals surface area contributed by atoms with E-state index in [1.807, 2.05) is 0 Å². The topological polar surface area (TPSA) is 83.4 Å². The molecule has 1 aliphatic rings. The SMILES string of the molecule is COc1cc(F)c(-c2nc(C3(N)CCCC3)no2)cc1OC.Cl. The Bertz CT molecular complexity index is 687. The molecule has 0 aliphatic heterocycles. The number of hydrogen-bond donors (Lipinski definition) is 1. The second-order valence-electron chi connectivity index (χ2n) is 5.47. The van der Waals surface area contributed by atoms with Crippen molar-refractivity contribution in [1.29, 1.82) is 0 Å². The monoisotopic (exact) mass is 343 g/mol. The molecule has 0 atom stereocenters. The van der Waals surface area contributed by atoms with Gasteiger partial charge in [-0.15, -0.1) is 12.4 Å². The molecule has 2 aromatic rings. The number of benzene rings is 1. The quantitative estimate of drug-likeness (QED) is 0.918. The molecule has 1 heterocycles. The summed E-state index contributed by atoms with van der Waals surface area (Å²) in [7, 11) is 2.92. The molecule has 126 valence electrons. The van der Waals surface area contributed by atoms with Crippen molar-refractivity contribution in [2.45, 2.75) is 31.2 Å². The van der Waals surface area contributed by atoms with Crippen LogP contribution in [0.5, 0.6) is 11.5 Å². The van der Waals surface area contributed by atoms with E-state index in [1.165, 1.54) is 26.4 Å². The van der Waals surface area contributed by atoms with Crippen LogP contribution in [0.25, 0.3) is 11.5 Å². The number of rotatable bonds is 4. The molecule has 1 aromatic heterocycles. The highest BCUT2D eigenvalue weighted by Gasteiger charge is 2.36. The third-order valence-corrected chi connectivity index (χ3v) is 4.07. The third-order valence-electron chi connectivity index (χ3n) is 4.07. The van der Waals surface area contributed by atoms with Gasteiger partial charge in [0.1, 0.15) is 5.82 Å². The fraction of sp³-hybridized carbons (Fsp3) is 0.467. The van der Waals surface area contributed by atoms with Crippen molar-refractivity contribution in [3.63, 3.8) is 0 Å². The maximum atomic E-state index is 14.2. The van der Waals surface area contributed by atoms with E-state index in [1.54, 1.807) is 0 Å². The molecule has 23 heavy (non-hydrogen) atoms. The van der Waals surface area contributed by atoms with Gasteiger partial charge in [0, 0.05) is 6.07 Å². The van der Waals surface area contributed by atoms with Crippen LogP contribution in [0.2, 0.25) is 0 Å². The minimum atomic E-state index is -0.575. The molecule has 2 N–H and O–H groups in total. The van der Waals surface area contributed by atoms with Gasteiger partial charge in [0.2, 0.25) is 0 Å². The highest BCUT2D eigenvalue weighted by molar-refractivity contribution is 5.85. The zero-order valence-electron chi connectivity index (χ0n) is 13.0. The van der Waals surface area contributed by atoms with Crippen molar-refractivity contribution in [2.24, 2.45) is 5.73 Å². The summed E-state index contributed by atoms with van der Waals surface area (Å²) < 4.78 is 29.7. The average Bonchev–Trinajstić information content (AvgIpc) is 3.17. The number of methoxy groups -OCH3 is 2. The molecule has 1 saturated carbocycles. The zero-order valence-corrected chi connectivity index (χ0v) is 13.8. The van der Waals surface area contributed by atoms with Gasteiger partial charge in [-0.05, 0) is 18.9 Å². The zero-order chi connectivity index (χ0) is 15.7. The van der Waals surface area contributed by atoms with E-state index in [0.29, 0.717) is 17.3 Å². The second-order valence-corrected chi connectivity index (χ2v) is 5.47. The van der Waals surface area contributed by atoms with Gasteiger partial charge in [-0.1, -0.05) is 18.0 Å². The van der Waals surface area contributed by atoms with E-state index in [0.717, 1.165) is 25.7 Å². The largest absolute Gasteiger partial charge is 0.493 e. The van der Waals surface area contributed by atoms with Crippen LogP contribution in [-0.2, 0) is 5.54 Å². The summed E-state index contributed by atoms with van der Waals surface area (Å²) in [6.07, 6.45) is 3.68. The summed E-state index contributed by atoms with van der Waals surface area (Å²) in [4.78, 5) is 4.29. The average molecular weight is 344 g/mol. The smallest absolute Gasteiger partial charge is 0.261 e. The Labute approximate surface area is 139 Å². The molecule has 0 radical (unpaired) electrons. The van der Waals surface area contributed by atoms with Crippen LogP contribution in [-0.4, -0.2) is 24.4 Å². The van der Waals surface area contributed by atoms with E-state index in [4.69, 9.17) is 19.7 Å². The van der Waals surface area contributed by atoms with Crippen LogP contribution < -0.4 is 15.2 Å². The van der Waals surface area contributed by atoms with Crippen molar-refractivity contribution in [3.05, 3.63) is 23.8 Å². The minimum absolute atomic E-state index is 0. The molecule has 8 heteroatoms. The van der Waals surface area contributed by atoms with Crippen LogP contribution >= 0.6 is 12.4 Å². The number of hydrogen-bond acceptors (Lipinski definition) is 6.